The van der Waals surface area contributed by atoms with Crippen molar-refractivity contribution in [1.29, 1.82) is 0 Å². The van der Waals surface area contributed by atoms with E-state index in [4.69, 9.17) is 9.47 Å². The van der Waals surface area contributed by atoms with Crippen molar-refractivity contribution in [3.8, 4) is 22.8 Å². The second-order valence-electron chi connectivity index (χ2n) is 7.37. The second kappa shape index (κ2) is 10.3. The molecular weight excluding hydrogens is 424 g/mol. The zero-order valence-electron chi connectivity index (χ0n) is 18.2. The molecule has 0 saturated carbocycles. The van der Waals surface area contributed by atoms with E-state index in [1.54, 1.807) is 23.8 Å². The molecule has 0 atom stereocenters. The molecule has 0 saturated heterocycles. The largest absolute Gasteiger partial charge is 0.497 e. The van der Waals surface area contributed by atoms with Crippen molar-refractivity contribution in [2.75, 3.05) is 19.0 Å². The smallest absolute Gasteiger partial charge is 0.258 e. The highest BCUT2D eigenvalue weighted by molar-refractivity contribution is 7.15. The van der Waals surface area contributed by atoms with Gasteiger partial charge in [-0.1, -0.05) is 38.3 Å². The summed E-state index contributed by atoms with van der Waals surface area (Å²) in [5, 5.41) is 9.23. The Kier molecular flexibility index (Phi) is 7.01. The van der Waals surface area contributed by atoms with Gasteiger partial charge in [-0.15, -0.1) is 16.4 Å². The highest BCUT2D eigenvalue weighted by atomic mass is 32.1. The van der Waals surface area contributed by atoms with Crippen LogP contribution in [0, 0.1) is 0 Å². The SMILES string of the molecule is CCCCCCOc1ccc(C(=O)Nc2nc3scc(-c4cccc(OC)c4)n3n2)cc1. The average Bonchev–Trinajstić information content (AvgIpc) is 3.39. The lowest BCUT2D eigenvalue weighted by Gasteiger charge is -2.07. The predicted molar refractivity (Wildman–Crippen MR) is 127 cm³/mol. The molecule has 0 aliphatic heterocycles. The third kappa shape index (κ3) is 5.08. The number of carbonyl (C=O) groups is 1. The molecule has 166 valence electrons. The summed E-state index contributed by atoms with van der Waals surface area (Å²) < 4.78 is 12.8. The van der Waals surface area contributed by atoms with Gasteiger partial charge in [-0.05, 0) is 42.8 Å². The molecule has 1 amide bonds. The van der Waals surface area contributed by atoms with E-state index in [0.717, 1.165) is 29.2 Å². The highest BCUT2D eigenvalue weighted by Gasteiger charge is 2.15. The Morgan fingerprint density at radius 2 is 1.94 bits per heavy atom. The van der Waals surface area contributed by atoms with Crippen LogP contribution < -0.4 is 14.8 Å². The van der Waals surface area contributed by atoms with E-state index in [2.05, 4.69) is 22.3 Å². The summed E-state index contributed by atoms with van der Waals surface area (Å²) in [7, 11) is 1.64. The molecule has 0 fully saturated rings. The van der Waals surface area contributed by atoms with Crippen LogP contribution in [0.4, 0.5) is 5.95 Å². The predicted octanol–water partition coefficient (Wildman–Crippen LogP) is 5.68. The first-order valence-electron chi connectivity index (χ1n) is 10.7. The molecule has 8 heteroatoms. The van der Waals surface area contributed by atoms with E-state index in [1.807, 2.05) is 41.8 Å². The molecule has 7 nitrogen and oxygen atoms in total. The fourth-order valence-corrected chi connectivity index (χ4v) is 4.14. The van der Waals surface area contributed by atoms with Crippen LogP contribution in [-0.2, 0) is 0 Å². The maximum Gasteiger partial charge on any atom is 0.258 e. The third-order valence-corrected chi connectivity index (χ3v) is 5.87. The quantitative estimate of drug-likeness (QED) is 0.315. The van der Waals surface area contributed by atoms with E-state index in [1.165, 1.54) is 30.6 Å². The molecule has 0 radical (unpaired) electrons. The van der Waals surface area contributed by atoms with Gasteiger partial charge < -0.3 is 9.47 Å². The molecule has 0 unspecified atom stereocenters. The average molecular weight is 451 g/mol. The van der Waals surface area contributed by atoms with Gasteiger partial charge in [-0.3, -0.25) is 10.1 Å². The summed E-state index contributed by atoms with van der Waals surface area (Å²) in [6.45, 7) is 2.88. The minimum atomic E-state index is -0.263. The number of amides is 1. The standard InChI is InChI=1S/C24H26N4O3S/c1-3-4-5-6-14-31-19-12-10-17(11-13-19)22(29)25-23-26-24-28(27-23)21(16-32-24)18-8-7-9-20(15-18)30-2/h7-13,15-16H,3-6,14H2,1-2H3,(H,25,27,29). The van der Waals surface area contributed by atoms with Gasteiger partial charge >= 0.3 is 0 Å². The number of rotatable bonds is 10. The number of methoxy groups -OCH3 is 1. The maximum atomic E-state index is 12.6. The lowest BCUT2D eigenvalue weighted by atomic mass is 10.2. The van der Waals surface area contributed by atoms with Gasteiger partial charge in [0.15, 0.2) is 0 Å². The molecule has 4 rings (SSSR count). The Labute approximate surface area is 191 Å². The third-order valence-electron chi connectivity index (χ3n) is 5.06. The Hall–Kier alpha value is -3.39. The molecule has 2 heterocycles. The molecule has 0 spiro atoms. The van der Waals surface area contributed by atoms with E-state index < -0.39 is 0 Å². The number of hydrogen-bond donors (Lipinski definition) is 1. The first kappa shape index (κ1) is 21.8. The molecule has 0 aliphatic rings. The number of nitrogens with one attached hydrogen (secondary N) is 1. The summed E-state index contributed by atoms with van der Waals surface area (Å²) in [6.07, 6.45) is 4.64. The maximum absolute atomic E-state index is 12.6. The number of anilines is 1. The zero-order valence-corrected chi connectivity index (χ0v) is 19.0. The normalized spacial score (nSPS) is 10.9. The van der Waals surface area contributed by atoms with Crippen LogP contribution in [0.5, 0.6) is 11.5 Å². The molecule has 2 aromatic carbocycles. The van der Waals surface area contributed by atoms with Crippen LogP contribution >= 0.6 is 11.3 Å². The number of fused-ring (bicyclic) bond motifs is 1. The van der Waals surface area contributed by atoms with Crippen molar-refractivity contribution < 1.29 is 14.3 Å². The highest BCUT2D eigenvalue weighted by Crippen LogP contribution is 2.28. The van der Waals surface area contributed by atoms with Gasteiger partial charge in [-0.2, -0.15) is 4.98 Å². The minimum Gasteiger partial charge on any atom is -0.497 e. The number of unbranched alkanes of at least 4 members (excludes halogenated alkanes) is 3. The fourth-order valence-electron chi connectivity index (χ4n) is 3.31. The van der Waals surface area contributed by atoms with E-state index >= 15 is 0 Å². The van der Waals surface area contributed by atoms with E-state index in [0.29, 0.717) is 17.1 Å². The number of thiazole rings is 1. The van der Waals surface area contributed by atoms with Gasteiger partial charge in [-0.25, -0.2) is 4.52 Å². The van der Waals surface area contributed by atoms with Crippen LogP contribution in [0.3, 0.4) is 0 Å². The van der Waals surface area contributed by atoms with E-state index in [-0.39, 0.29) is 11.9 Å². The van der Waals surface area contributed by atoms with Gasteiger partial charge in [0.25, 0.3) is 11.9 Å². The van der Waals surface area contributed by atoms with Gasteiger partial charge in [0.1, 0.15) is 11.5 Å². The minimum absolute atomic E-state index is 0.263. The molecule has 1 N–H and O–H groups in total. The van der Waals surface area contributed by atoms with Crippen LogP contribution in [-0.4, -0.2) is 34.2 Å². The van der Waals surface area contributed by atoms with Crippen molar-refractivity contribution in [2.45, 2.75) is 32.6 Å². The van der Waals surface area contributed by atoms with Crippen molar-refractivity contribution in [1.82, 2.24) is 14.6 Å². The van der Waals surface area contributed by atoms with Crippen LogP contribution in [0.1, 0.15) is 43.0 Å². The molecule has 0 aliphatic carbocycles. The van der Waals surface area contributed by atoms with Gasteiger partial charge in [0.2, 0.25) is 4.96 Å². The molecule has 2 aromatic heterocycles. The Morgan fingerprint density at radius 1 is 1.09 bits per heavy atom. The fraction of sp³-hybridized carbons (Fsp3) is 0.292. The number of benzene rings is 2. The lowest BCUT2D eigenvalue weighted by Crippen LogP contribution is -2.13. The summed E-state index contributed by atoms with van der Waals surface area (Å²) in [4.78, 5) is 17.8. The summed E-state index contributed by atoms with van der Waals surface area (Å²) >= 11 is 1.46. The molecular formula is C24H26N4O3S. The lowest BCUT2D eigenvalue weighted by molar-refractivity contribution is 0.102. The number of aromatic nitrogens is 3. The number of carbonyl (C=O) groups excluding carboxylic acids is 1. The summed E-state index contributed by atoms with van der Waals surface area (Å²) in [5.41, 5.74) is 2.37. The Bertz CT molecular complexity index is 1180. The number of nitrogens with zero attached hydrogens (tertiary/aromatic N) is 3. The molecule has 32 heavy (non-hydrogen) atoms. The van der Waals surface area contributed by atoms with Crippen molar-refractivity contribution in [3.05, 3.63) is 59.5 Å². The monoisotopic (exact) mass is 450 g/mol. The van der Waals surface area contributed by atoms with E-state index in [9.17, 15) is 4.79 Å². The summed E-state index contributed by atoms with van der Waals surface area (Å²) in [5.74, 6) is 1.54. The van der Waals surface area contributed by atoms with Crippen LogP contribution in [0.25, 0.3) is 16.2 Å². The number of hydrogen-bond acceptors (Lipinski definition) is 6. The molecule has 4 aromatic rings. The van der Waals surface area contributed by atoms with Crippen LogP contribution in [0.15, 0.2) is 53.9 Å². The van der Waals surface area contributed by atoms with Crippen molar-refractivity contribution >= 4 is 28.2 Å². The number of ether oxygens (including phenoxy) is 2. The summed E-state index contributed by atoms with van der Waals surface area (Å²) in [6, 6.07) is 14.9. The Morgan fingerprint density at radius 3 is 2.72 bits per heavy atom. The van der Waals surface area contributed by atoms with Crippen LogP contribution in [0.2, 0.25) is 0 Å². The van der Waals surface area contributed by atoms with Crippen molar-refractivity contribution in [3.63, 3.8) is 0 Å². The van der Waals surface area contributed by atoms with Gasteiger partial charge in [0, 0.05) is 16.5 Å². The zero-order chi connectivity index (χ0) is 22.3. The Balaban J connectivity index is 1.41. The first-order chi connectivity index (χ1) is 15.7. The second-order valence-corrected chi connectivity index (χ2v) is 8.21. The topological polar surface area (TPSA) is 77.8 Å². The van der Waals surface area contributed by atoms with Crippen molar-refractivity contribution in [2.24, 2.45) is 0 Å². The molecule has 0 bridgehead atoms. The van der Waals surface area contributed by atoms with Gasteiger partial charge in [0.05, 0.1) is 19.4 Å². The first-order valence-corrected chi connectivity index (χ1v) is 11.6.